The van der Waals surface area contributed by atoms with Crippen LogP contribution >= 0.6 is 0 Å². The van der Waals surface area contributed by atoms with Crippen molar-refractivity contribution >= 4 is 0 Å². The van der Waals surface area contributed by atoms with E-state index in [-0.39, 0.29) is 24.1 Å². The fourth-order valence-electron chi connectivity index (χ4n) is 1.73. The Kier molecular flexibility index (Phi) is 4.28. The molecular formula is C15H14FN3O. The van der Waals surface area contributed by atoms with Crippen molar-refractivity contribution in [1.29, 1.82) is 5.26 Å². The van der Waals surface area contributed by atoms with E-state index in [1.165, 1.54) is 18.3 Å². The number of hydrogen-bond acceptors (Lipinski definition) is 4. The molecule has 102 valence electrons. The molecule has 1 aromatic carbocycles. The lowest BCUT2D eigenvalue weighted by atomic mass is 10.1. The summed E-state index contributed by atoms with van der Waals surface area (Å²) in [4.78, 5) is 3.92. The Morgan fingerprint density at radius 1 is 1.45 bits per heavy atom. The Balaban J connectivity index is 2.14. The van der Waals surface area contributed by atoms with Crippen LogP contribution in [0.3, 0.4) is 0 Å². The number of aromatic nitrogens is 1. The van der Waals surface area contributed by atoms with Crippen LogP contribution in [0.15, 0.2) is 36.5 Å². The van der Waals surface area contributed by atoms with Crippen molar-refractivity contribution in [3.63, 3.8) is 0 Å². The highest BCUT2D eigenvalue weighted by Crippen LogP contribution is 2.22. The lowest BCUT2D eigenvalue weighted by molar-refractivity contribution is 0.289. The van der Waals surface area contributed by atoms with Crippen molar-refractivity contribution in [3.05, 3.63) is 59.2 Å². The molecule has 0 fully saturated rings. The van der Waals surface area contributed by atoms with Crippen LogP contribution in [-0.4, -0.2) is 4.98 Å². The molecule has 5 heteroatoms. The largest absolute Gasteiger partial charge is 0.486 e. The van der Waals surface area contributed by atoms with E-state index in [0.717, 1.165) is 0 Å². The van der Waals surface area contributed by atoms with E-state index in [1.807, 2.05) is 6.07 Å². The smallest absolute Gasteiger partial charge is 0.165 e. The third-order valence-corrected chi connectivity index (χ3v) is 2.86. The molecule has 2 aromatic rings. The predicted octanol–water partition coefficient (Wildman–Crippen LogP) is 2.69. The summed E-state index contributed by atoms with van der Waals surface area (Å²) >= 11 is 0. The first-order valence-corrected chi connectivity index (χ1v) is 6.13. The molecule has 2 rings (SSSR count). The Bertz CT molecular complexity index is 650. The van der Waals surface area contributed by atoms with Gasteiger partial charge in [-0.2, -0.15) is 5.26 Å². The van der Waals surface area contributed by atoms with Gasteiger partial charge in [0.2, 0.25) is 0 Å². The molecule has 0 amide bonds. The third kappa shape index (κ3) is 3.11. The van der Waals surface area contributed by atoms with E-state index in [2.05, 4.69) is 4.98 Å². The van der Waals surface area contributed by atoms with Gasteiger partial charge in [0.25, 0.3) is 0 Å². The maximum absolute atomic E-state index is 13.8. The summed E-state index contributed by atoms with van der Waals surface area (Å²) in [6, 6.07) is 9.77. The van der Waals surface area contributed by atoms with Gasteiger partial charge in [-0.05, 0) is 30.7 Å². The van der Waals surface area contributed by atoms with Crippen LogP contribution in [0.25, 0.3) is 0 Å². The number of ether oxygens (including phenoxy) is 1. The molecule has 0 aliphatic rings. The molecule has 0 aliphatic heterocycles. The standard InChI is InChI=1S/C15H14FN3O/c1-10(18)11-4-5-15(13(16)7-11)20-9-12-3-2-6-19-14(12)8-17/h2-7,10H,9,18H2,1H3/t10-/m0/s1. The molecule has 1 heterocycles. The molecule has 1 aromatic heterocycles. The highest BCUT2D eigenvalue weighted by atomic mass is 19.1. The minimum absolute atomic E-state index is 0.0885. The maximum atomic E-state index is 13.8. The molecule has 0 radical (unpaired) electrons. The average molecular weight is 271 g/mol. The number of hydrogen-bond donors (Lipinski definition) is 1. The third-order valence-electron chi connectivity index (χ3n) is 2.86. The molecule has 0 aliphatic carbocycles. The summed E-state index contributed by atoms with van der Waals surface area (Å²) in [5.41, 5.74) is 7.28. The molecular weight excluding hydrogens is 257 g/mol. The van der Waals surface area contributed by atoms with Crippen LogP contribution in [-0.2, 0) is 6.61 Å². The molecule has 1 atom stereocenters. The summed E-state index contributed by atoms with van der Waals surface area (Å²) in [7, 11) is 0. The molecule has 0 spiro atoms. The number of pyridine rings is 1. The van der Waals surface area contributed by atoms with E-state index < -0.39 is 5.82 Å². The lowest BCUT2D eigenvalue weighted by Gasteiger charge is -2.10. The van der Waals surface area contributed by atoms with Crippen molar-refractivity contribution in [2.75, 3.05) is 0 Å². The number of nitrogens with two attached hydrogens (primary N) is 1. The van der Waals surface area contributed by atoms with Crippen LogP contribution in [0.1, 0.15) is 29.8 Å². The van der Waals surface area contributed by atoms with Gasteiger partial charge in [0, 0.05) is 17.8 Å². The van der Waals surface area contributed by atoms with Crippen LogP contribution in [0.2, 0.25) is 0 Å². The zero-order chi connectivity index (χ0) is 14.5. The van der Waals surface area contributed by atoms with Gasteiger partial charge < -0.3 is 10.5 Å². The molecule has 0 unspecified atom stereocenters. The van der Waals surface area contributed by atoms with E-state index in [1.54, 1.807) is 25.1 Å². The Labute approximate surface area is 116 Å². The van der Waals surface area contributed by atoms with Gasteiger partial charge in [-0.3, -0.25) is 0 Å². The minimum Gasteiger partial charge on any atom is -0.486 e. The van der Waals surface area contributed by atoms with E-state index in [0.29, 0.717) is 11.1 Å². The molecule has 20 heavy (non-hydrogen) atoms. The second-order valence-corrected chi connectivity index (χ2v) is 4.39. The summed E-state index contributed by atoms with van der Waals surface area (Å²) in [5, 5.41) is 8.91. The topological polar surface area (TPSA) is 71.9 Å². The van der Waals surface area contributed by atoms with Crippen LogP contribution in [0.4, 0.5) is 4.39 Å². The molecule has 0 bridgehead atoms. The van der Waals surface area contributed by atoms with Gasteiger partial charge in [-0.15, -0.1) is 0 Å². The first-order chi connectivity index (χ1) is 9.61. The fourth-order valence-corrected chi connectivity index (χ4v) is 1.73. The lowest BCUT2D eigenvalue weighted by Crippen LogP contribution is -2.06. The summed E-state index contributed by atoms with van der Waals surface area (Å²) in [6.07, 6.45) is 1.53. The van der Waals surface area contributed by atoms with Gasteiger partial charge in [0.15, 0.2) is 11.6 Å². The van der Waals surface area contributed by atoms with E-state index >= 15 is 0 Å². The Morgan fingerprint density at radius 2 is 2.25 bits per heavy atom. The van der Waals surface area contributed by atoms with Gasteiger partial charge in [-0.25, -0.2) is 9.37 Å². The van der Waals surface area contributed by atoms with Crippen LogP contribution in [0.5, 0.6) is 5.75 Å². The molecule has 0 saturated heterocycles. The van der Waals surface area contributed by atoms with Gasteiger partial charge >= 0.3 is 0 Å². The fraction of sp³-hybridized carbons (Fsp3) is 0.200. The predicted molar refractivity (Wildman–Crippen MR) is 72.3 cm³/mol. The minimum atomic E-state index is -0.470. The van der Waals surface area contributed by atoms with E-state index in [4.69, 9.17) is 15.7 Å². The zero-order valence-corrected chi connectivity index (χ0v) is 11.0. The zero-order valence-electron chi connectivity index (χ0n) is 11.0. The number of nitrogens with zero attached hydrogens (tertiary/aromatic N) is 2. The van der Waals surface area contributed by atoms with Crippen molar-refractivity contribution in [3.8, 4) is 11.8 Å². The summed E-state index contributed by atoms with van der Waals surface area (Å²) < 4.78 is 19.2. The highest BCUT2D eigenvalue weighted by molar-refractivity contribution is 5.33. The van der Waals surface area contributed by atoms with Crippen LogP contribution in [0, 0.1) is 17.1 Å². The molecule has 0 saturated carbocycles. The van der Waals surface area contributed by atoms with Gasteiger partial charge in [0.05, 0.1) is 0 Å². The maximum Gasteiger partial charge on any atom is 0.165 e. The quantitative estimate of drug-likeness (QED) is 0.928. The van der Waals surface area contributed by atoms with Crippen LogP contribution < -0.4 is 10.5 Å². The number of rotatable bonds is 4. The molecule has 2 N–H and O–H groups in total. The number of halogens is 1. The second kappa shape index (κ2) is 6.13. The average Bonchev–Trinajstić information content (AvgIpc) is 2.46. The van der Waals surface area contributed by atoms with E-state index in [9.17, 15) is 4.39 Å². The number of nitriles is 1. The van der Waals surface area contributed by atoms with Crippen molar-refractivity contribution in [2.24, 2.45) is 5.73 Å². The summed E-state index contributed by atoms with van der Waals surface area (Å²) in [6.45, 7) is 1.87. The highest BCUT2D eigenvalue weighted by Gasteiger charge is 2.09. The van der Waals surface area contributed by atoms with Crippen molar-refractivity contribution in [2.45, 2.75) is 19.6 Å². The Hall–Kier alpha value is -2.45. The van der Waals surface area contributed by atoms with Gasteiger partial charge in [-0.1, -0.05) is 12.1 Å². The first kappa shape index (κ1) is 14.0. The first-order valence-electron chi connectivity index (χ1n) is 6.13. The number of benzene rings is 1. The molecule has 4 nitrogen and oxygen atoms in total. The van der Waals surface area contributed by atoms with Crippen molar-refractivity contribution < 1.29 is 9.13 Å². The Morgan fingerprint density at radius 3 is 2.90 bits per heavy atom. The van der Waals surface area contributed by atoms with Gasteiger partial charge in [0.1, 0.15) is 18.4 Å². The second-order valence-electron chi connectivity index (χ2n) is 4.39. The summed E-state index contributed by atoms with van der Waals surface area (Å²) in [5.74, 6) is -0.343. The SMILES string of the molecule is C[C@H](N)c1ccc(OCc2cccnc2C#N)c(F)c1. The monoisotopic (exact) mass is 271 g/mol. The van der Waals surface area contributed by atoms with Crippen molar-refractivity contribution in [1.82, 2.24) is 4.98 Å². The normalized spacial score (nSPS) is 11.7.